The van der Waals surface area contributed by atoms with Gasteiger partial charge in [-0.1, -0.05) is 28.1 Å². The van der Waals surface area contributed by atoms with Crippen molar-refractivity contribution >= 4 is 21.8 Å². The molecule has 0 aliphatic rings. The van der Waals surface area contributed by atoms with E-state index in [1.165, 1.54) is 0 Å². The molecule has 0 atom stereocenters. The number of nitrogens with one attached hydrogen (secondary N) is 1. The van der Waals surface area contributed by atoms with E-state index >= 15 is 0 Å². The number of carbonyl (C=O) groups is 1. The van der Waals surface area contributed by atoms with Gasteiger partial charge in [0.15, 0.2) is 0 Å². The van der Waals surface area contributed by atoms with E-state index in [1.54, 1.807) is 4.90 Å². The Morgan fingerprint density at radius 1 is 1.39 bits per heavy atom. The monoisotopic (exact) mass is 312 g/mol. The lowest BCUT2D eigenvalue weighted by atomic mass is 10.1. The Bertz CT molecular complexity index is 413. The quantitative estimate of drug-likeness (QED) is 0.927. The third-order valence-electron chi connectivity index (χ3n) is 2.50. The maximum absolute atomic E-state index is 11.9. The molecule has 1 aromatic carbocycles. The van der Waals surface area contributed by atoms with Gasteiger partial charge >= 0.3 is 0 Å². The summed E-state index contributed by atoms with van der Waals surface area (Å²) in [5, 5.41) is 3.20. The zero-order chi connectivity index (χ0) is 13.8. The van der Waals surface area contributed by atoms with Crippen molar-refractivity contribution in [1.82, 2.24) is 10.2 Å². The highest BCUT2D eigenvalue weighted by Crippen LogP contribution is 2.13. The smallest absolute Gasteiger partial charge is 0.236 e. The van der Waals surface area contributed by atoms with Crippen molar-refractivity contribution in [3.63, 3.8) is 0 Å². The summed E-state index contributed by atoms with van der Waals surface area (Å²) in [6, 6.07) is 8.00. The van der Waals surface area contributed by atoms with E-state index in [0.29, 0.717) is 13.1 Å². The molecule has 0 heterocycles. The first-order valence-corrected chi connectivity index (χ1v) is 6.81. The summed E-state index contributed by atoms with van der Waals surface area (Å²) < 4.78 is 1.04. The van der Waals surface area contributed by atoms with Crippen LogP contribution in [0.15, 0.2) is 28.7 Å². The van der Waals surface area contributed by atoms with Gasteiger partial charge in [0.2, 0.25) is 5.91 Å². The summed E-state index contributed by atoms with van der Waals surface area (Å²) in [4.78, 5) is 13.7. The number of likely N-dealkylation sites (N-methyl/N-ethyl adjacent to an activating group) is 1. The summed E-state index contributed by atoms with van der Waals surface area (Å²) in [5.74, 6) is 0.102. The number of nitrogens with zero attached hydrogens (tertiary/aromatic N) is 1. The first-order valence-electron chi connectivity index (χ1n) is 6.01. The molecule has 1 rings (SSSR count). The van der Waals surface area contributed by atoms with Gasteiger partial charge in [-0.25, -0.2) is 0 Å². The predicted molar refractivity (Wildman–Crippen MR) is 78.4 cm³/mol. The van der Waals surface area contributed by atoms with Crippen molar-refractivity contribution < 1.29 is 4.79 Å². The Hall–Kier alpha value is -0.870. The first kappa shape index (κ1) is 15.2. The van der Waals surface area contributed by atoms with Gasteiger partial charge < -0.3 is 10.2 Å². The van der Waals surface area contributed by atoms with Gasteiger partial charge in [0.1, 0.15) is 0 Å². The zero-order valence-electron chi connectivity index (χ0n) is 11.5. The molecule has 0 saturated carbocycles. The van der Waals surface area contributed by atoms with Gasteiger partial charge in [-0.2, -0.15) is 0 Å². The molecule has 0 aliphatic heterocycles. The van der Waals surface area contributed by atoms with Gasteiger partial charge in [-0.15, -0.1) is 0 Å². The largest absolute Gasteiger partial charge is 0.340 e. The highest BCUT2D eigenvalue weighted by Gasteiger charge is 2.14. The van der Waals surface area contributed by atoms with Gasteiger partial charge in [-0.3, -0.25) is 4.79 Å². The highest BCUT2D eigenvalue weighted by molar-refractivity contribution is 9.10. The highest BCUT2D eigenvalue weighted by atomic mass is 79.9. The van der Waals surface area contributed by atoms with Crippen LogP contribution in [0.2, 0.25) is 0 Å². The van der Waals surface area contributed by atoms with Crippen LogP contribution in [-0.2, 0) is 11.3 Å². The standard InChI is InChI=1S/C14H21BrN2O/c1-14(2,3)16-9-13(18)17(4)10-11-6-5-7-12(15)8-11/h5-8,16H,9-10H2,1-4H3. The Balaban J connectivity index is 2.50. The summed E-state index contributed by atoms with van der Waals surface area (Å²) >= 11 is 3.43. The lowest BCUT2D eigenvalue weighted by molar-refractivity contribution is -0.129. The molecule has 18 heavy (non-hydrogen) atoms. The second-order valence-electron chi connectivity index (χ2n) is 5.48. The molecule has 0 spiro atoms. The number of benzene rings is 1. The van der Waals surface area contributed by atoms with E-state index in [2.05, 4.69) is 42.0 Å². The van der Waals surface area contributed by atoms with Crippen LogP contribution in [0.1, 0.15) is 26.3 Å². The molecular formula is C14H21BrN2O. The number of hydrogen-bond acceptors (Lipinski definition) is 2. The second kappa shape index (κ2) is 6.34. The molecule has 100 valence electrons. The summed E-state index contributed by atoms with van der Waals surface area (Å²) in [6.07, 6.45) is 0. The van der Waals surface area contributed by atoms with Gasteiger partial charge in [0, 0.05) is 23.6 Å². The number of amides is 1. The van der Waals surface area contributed by atoms with E-state index in [9.17, 15) is 4.79 Å². The molecule has 1 amide bonds. The van der Waals surface area contributed by atoms with Crippen molar-refractivity contribution in [2.75, 3.05) is 13.6 Å². The van der Waals surface area contributed by atoms with Gasteiger partial charge in [0.05, 0.1) is 6.54 Å². The molecule has 0 unspecified atom stereocenters. The lowest BCUT2D eigenvalue weighted by Gasteiger charge is -2.23. The summed E-state index contributed by atoms with van der Waals surface area (Å²) in [6.45, 7) is 7.15. The molecule has 0 saturated heterocycles. The van der Waals surface area contributed by atoms with E-state index < -0.39 is 0 Å². The van der Waals surface area contributed by atoms with Crippen molar-refractivity contribution in [3.8, 4) is 0 Å². The van der Waals surface area contributed by atoms with Crippen LogP contribution < -0.4 is 5.32 Å². The van der Waals surface area contributed by atoms with Crippen LogP contribution in [0.25, 0.3) is 0 Å². The van der Waals surface area contributed by atoms with Crippen molar-refractivity contribution in [2.24, 2.45) is 0 Å². The molecule has 1 N–H and O–H groups in total. The molecule has 0 aliphatic carbocycles. The molecule has 3 nitrogen and oxygen atoms in total. The molecular weight excluding hydrogens is 292 g/mol. The van der Waals surface area contributed by atoms with Crippen LogP contribution in [0.4, 0.5) is 0 Å². The minimum atomic E-state index is -0.0354. The Labute approximate surface area is 118 Å². The van der Waals surface area contributed by atoms with E-state index in [1.807, 2.05) is 31.3 Å². The van der Waals surface area contributed by atoms with Crippen LogP contribution in [-0.4, -0.2) is 29.9 Å². The zero-order valence-corrected chi connectivity index (χ0v) is 13.0. The van der Waals surface area contributed by atoms with Crippen LogP contribution in [0.5, 0.6) is 0 Å². The lowest BCUT2D eigenvalue weighted by Crippen LogP contribution is -2.43. The fourth-order valence-electron chi connectivity index (χ4n) is 1.47. The first-order chi connectivity index (χ1) is 8.28. The minimum absolute atomic E-state index is 0.0354. The van der Waals surface area contributed by atoms with Crippen LogP contribution in [0.3, 0.4) is 0 Å². The van der Waals surface area contributed by atoms with E-state index in [4.69, 9.17) is 0 Å². The third-order valence-corrected chi connectivity index (χ3v) is 3.00. The summed E-state index contributed by atoms with van der Waals surface area (Å²) in [5.41, 5.74) is 1.09. The average Bonchev–Trinajstić information content (AvgIpc) is 2.24. The topological polar surface area (TPSA) is 32.3 Å². The maximum Gasteiger partial charge on any atom is 0.236 e. The normalized spacial score (nSPS) is 11.4. The Morgan fingerprint density at radius 3 is 2.61 bits per heavy atom. The number of rotatable bonds is 4. The molecule has 0 aromatic heterocycles. The van der Waals surface area contributed by atoms with Gasteiger partial charge in [0.25, 0.3) is 0 Å². The molecule has 0 radical (unpaired) electrons. The minimum Gasteiger partial charge on any atom is -0.340 e. The molecule has 4 heteroatoms. The van der Waals surface area contributed by atoms with Crippen LogP contribution >= 0.6 is 15.9 Å². The fraction of sp³-hybridized carbons (Fsp3) is 0.500. The van der Waals surface area contributed by atoms with Crippen molar-refractivity contribution in [1.29, 1.82) is 0 Å². The van der Waals surface area contributed by atoms with E-state index in [-0.39, 0.29) is 11.4 Å². The van der Waals surface area contributed by atoms with Crippen molar-refractivity contribution in [2.45, 2.75) is 32.9 Å². The van der Waals surface area contributed by atoms with Crippen molar-refractivity contribution in [3.05, 3.63) is 34.3 Å². The second-order valence-corrected chi connectivity index (χ2v) is 6.40. The average molecular weight is 313 g/mol. The predicted octanol–water partition coefficient (Wildman–Crippen LogP) is 2.80. The number of carbonyl (C=O) groups excluding carboxylic acids is 1. The molecule has 0 bridgehead atoms. The number of hydrogen-bond donors (Lipinski definition) is 1. The maximum atomic E-state index is 11.9. The number of halogens is 1. The Morgan fingerprint density at radius 2 is 2.06 bits per heavy atom. The van der Waals surface area contributed by atoms with Gasteiger partial charge in [-0.05, 0) is 38.5 Å². The third kappa shape index (κ3) is 5.65. The van der Waals surface area contributed by atoms with Crippen LogP contribution in [0, 0.1) is 0 Å². The SMILES string of the molecule is CN(Cc1cccc(Br)c1)C(=O)CNC(C)(C)C. The van der Waals surface area contributed by atoms with E-state index in [0.717, 1.165) is 10.0 Å². The molecule has 0 fully saturated rings. The summed E-state index contributed by atoms with van der Waals surface area (Å²) in [7, 11) is 1.83. The molecule has 1 aromatic rings. The Kier molecular flexibility index (Phi) is 5.35. The fourth-order valence-corrected chi connectivity index (χ4v) is 1.92.